The Morgan fingerprint density at radius 3 is 2.54 bits per heavy atom. The van der Waals surface area contributed by atoms with Crippen LogP contribution in [0.2, 0.25) is 0 Å². The molecule has 0 radical (unpaired) electrons. The van der Waals surface area contributed by atoms with Crippen LogP contribution in [0.1, 0.15) is 27.2 Å². The molecule has 0 aliphatic heterocycles. The number of carbonyl (C=O) groups is 1. The quantitative estimate of drug-likeness (QED) is 0.615. The van der Waals surface area contributed by atoms with Crippen LogP contribution in [0, 0.1) is 13.8 Å². The van der Waals surface area contributed by atoms with Crippen molar-refractivity contribution in [2.45, 2.75) is 27.1 Å². The Bertz CT molecular complexity index is 957. The summed E-state index contributed by atoms with van der Waals surface area (Å²) in [6, 6.07) is 13.7. The van der Waals surface area contributed by atoms with Crippen LogP contribution in [0.25, 0.3) is 10.9 Å². The molecule has 3 aromatic rings. The van der Waals surface area contributed by atoms with Gasteiger partial charge in [-0.1, -0.05) is 36.4 Å². The van der Waals surface area contributed by atoms with Gasteiger partial charge in [-0.05, 0) is 31.5 Å². The van der Waals surface area contributed by atoms with Crippen LogP contribution in [-0.4, -0.2) is 17.6 Å². The molecule has 0 unspecified atom stereocenters. The Hall–Kier alpha value is -3.02. The van der Waals surface area contributed by atoms with Crippen molar-refractivity contribution in [3.8, 4) is 5.75 Å². The Balaban J connectivity index is 1.85. The van der Waals surface area contributed by atoms with E-state index >= 15 is 0 Å². The van der Waals surface area contributed by atoms with Crippen LogP contribution >= 0.6 is 0 Å². The van der Waals surface area contributed by atoms with Crippen LogP contribution in [0.4, 0.5) is 8.78 Å². The number of ether oxygens (including phenoxy) is 2. The molecule has 0 spiro atoms. The standard InChI is InChI=1S/C20H17F2NO3/c1-12-15-8-4-5-9-16(15)23-13(2)18(12)19(24)25-11-14-7-3-6-10-17(14)26-20(21)22/h3-10,20H,11H2,1-2H3. The lowest BCUT2D eigenvalue weighted by molar-refractivity contribution is -0.0510. The van der Waals surface area contributed by atoms with Crippen LogP contribution < -0.4 is 4.74 Å². The first-order valence-electron chi connectivity index (χ1n) is 8.03. The highest BCUT2D eigenvalue weighted by atomic mass is 19.3. The van der Waals surface area contributed by atoms with Gasteiger partial charge in [-0.25, -0.2) is 4.79 Å². The zero-order valence-corrected chi connectivity index (χ0v) is 14.3. The largest absolute Gasteiger partial charge is 0.457 e. The van der Waals surface area contributed by atoms with Crippen LogP contribution in [-0.2, 0) is 11.3 Å². The summed E-state index contributed by atoms with van der Waals surface area (Å²) in [6.45, 7) is 0.458. The second-order valence-corrected chi connectivity index (χ2v) is 5.78. The molecule has 0 fully saturated rings. The minimum absolute atomic E-state index is 0.0135. The van der Waals surface area contributed by atoms with Crippen molar-refractivity contribution in [1.29, 1.82) is 0 Å². The van der Waals surface area contributed by atoms with Gasteiger partial charge in [-0.2, -0.15) is 8.78 Å². The molecule has 6 heteroatoms. The Morgan fingerprint density at radius 2 is 1.77 bits per heavy atom. The van der Waals surface area contributed by atoms with E-state index in [0.717, 1.165) is 16.5 Å². The molecule has 2 aromatic carbocycles. The maximum Gasteiger partial charge on any atom is 0.387 e. The van der Waals surface area contributed by atoms with Crippen LogP contribution in [0.5, 0.6) is 5.75 Å². The van der Waals surface area contributed by atoms with Crippen molar-refractivity contribution in [3.05, 3.63) is 70.9 Å². The Kier molecular flexibility index (Phi) is 5.11. The predicted octanol–water partition coefficient (Wildman–Crippen LogP) is 4.81. The molecule has 1 aromatic heterocycles. The van der Waals surface area contributed by atoms with Crippen molar-refractivity contribution >= 4 is 16.9 Å². The fourth-order valence-electron chi connectivity index (χ4n) is 2.88. The van der Waals surface area contributed by atoms with Gasteiger partial charge in [0, 0.05) is 10.9 Å². The average molecular weight is 357 g/mol. The van der Waals surface area contributed by atoms with E-state index in [-0.39, 0.29) is 12.4 Å². The van der Waals surface area contributed by atoms with Gasteiger partial charge in [0.25, 0.3) is 0 Å². The summed E-state index contributed by atoms with van der Waals surface area (Å²) in [5, 5.41) is 0.867. The summed E-state index contributed by atoms with van der Waals surface area (Å²) < 4.78 is 34.8. The van der Waals surface area contributed by atoms with Crippen molar-refractivity contribution in [3.63, 3.8) is 0 Å². The second kappa shape index (κ2) is 7.47. The fraction of sp³-hybridized carbons (Fsp3) is 0.200. The molecule has 4 nitrogen and oxygen atoms in total. The minimum atomic E-state index is -2.94. The van der Waals surface area contributed by atoms with E-state index in [2.05, 4.69) is 9.72 Å². The van der Waals surface area contributed by atoms with E-state index in [0.29, 0.717) is 16.8 Å². The number of hydrogen-bond donors (Lipinski definition) is 0. The molecule has 0 amide bonds. The van der Waals surface area contributed by atoms with Crippen molar-refractivity contribution < 1.29 is 23.0 Å². The van der Waals surface area contributed by atoms with E-state index in [1.54, 1.807) is 25.1 Å². The number of esters is 1. The number of carbonyl (C=O) groups excluding carboxylic acids is 1. The van der Waals surface area contributed by atoms with E-state index < -0.39 is 12.6 Å². The SMILES string of the molecule is Cc1nc2ccccc2c(C)c1C(=O)OCc1ccccc1OC(F)F. The highest BCUT2D eigenvalue weighted by Gasteiger charge is 2.18. The number of nitrogens with zero attached hydrogens (tertiary/aromatic N) is 1. The highest BCUT2D eigenvalue weighted by molar-refractivity contribution is 5.98. The first kappa shape index (κ1) is 17.8. The Labute approximate surface area is 149 Å². The number of alkyl halides is 2. The molecule has 0 N–H and O–H groups in total. The second-order valence-electron chi connectivity index (χ2n) is 5.78. The number of rotatable bonds is 5. The van der Waals surface area contributed by atoms with E-state index in [9.17, 15) is 13.6 Å². The maximum atomic E-state index is 12.6. The fourth-order valence-corrected chi connectivity index (χ4v) is 2.88. The molecule has 0 atom stereocenters. The molecule has 0 aliphatic carbocycles. The van der Waals surface area contributed by atoms with Crippen molar-refractivity contribution in [2.75, 3.05) is 0 Å². The number of pyridine rings is 1. The third-order valence-corrected chi connectivity index (χ3v) is 4.08. The number of aryl methyl sites for hydroxylation is 2. The number of para-hydroxylation sites is 2. The topological polar surface area (TPSA) is 48.4 Å². The van der Waals surface area contributed by atoms with Gasteiger partial charge < -0.3 is 9.47 Å². The number of benzene rings is 2. The van der Waals surface area contributed by atoms with E-state index in [1.807, 2.05) is 31.2 Å². The summed E-state index contributed by atoms with van der Waals surface area (Å²) in [4.78, 5) is 17.0. The third kappa shape index (κ3) is 3.64. The van der Waals surface area contributed by atoms with Gasteiger partial charge in [0.15, 0.2) is 0 Å². The summed E-state index contributed by atoms with van der Waals surface area (Å²) in [6.07, 6.45) is 0. The Morgan fingerprint density at radius 1 is 1.08 bits per heavy atom. The molecule has 0 aliphatic rings. The van der Waals surface area contributed by atoms with E-state index in [4.69, 9.17) is 4.74 Å². The molecule has 1 heterocycles. The highest BCUT2D eigenvalue weighted by Crippen LogP contribution is 2.25. The van der Waals surface area contributed by atoms with Gasteiger partial charge in [0.1, 0.15) is 12.4 Å². The number of fused-ring (bicyclic) bond motifs is 1. The number of aromatic nitrogens is 1. The van der Waals surface area contributed by atoms with Gasteiger partial charge >= 0.3 is 12.6 Å². The van der Waals surface area contributed by atoms with Gasteiger partial charge in [0.05, 0.1) is 16.8 Å². The lowest BCUT2D eigenvalue weighted by atomic mass is 10.0. The zero-order valence-electron chi connectivity index (χ0n) is 14.3. The molecule has 26 heavy (non-hydrogen) atoms. The summed E-state index contributed by atoms with van der Waals surface area (Å²) in [5.41, 5.74) is 2.88. The average Bonchev–Trinajstić information content (AvgIpc) is 2.60. The zero-order chi connectivity index (χ0) is 18.7. The van der Waals surface area contributed by atoms with Gasteiger partial charge in [-0.15, -0.1) is 0 Å². The van der Waals surface area contributed by atoms with Crippen LogP contribution in [0.3, 0.4) is 0 Å². The third-order valence-electron chi connectivity index (χ3n) is 4.08. The molecular formula is C20H17F2NO3. The van der Waals surface area contributed by atoms with Crippen LogP contribution in [0.15, 0.2) is 48.5 Å². The lowest BCUT2D eigenvalue weighted by Gasteiger charge is -2.14. The normalized spacial score (nSPS) is 11.0. The molecule has 0 saturated carbocycles. The molecule has 134 valence electrons. The van der Waals surface area contributed by atoms with E-state index in [1.165, 1.54) is 6.07 Å². The maximum absolute atomic E-state index is 12.6. The first-order valence-corrected chi connectivity index (χ1v) is 8.03. The van der Waals surface area contributed by atoms with Gasteiger partial charge in [-0.3, -0.25) is 4.98 Å². The molecule has 3 rings (SSSR count). The summed E-state index contributed by atoms with van der Waals surface area (Å²) in [7, 11) is 0. The van der Waals surface area contributed by atoms with Crippen molar-refractivity contribution in [1.82, 2.24) is 4.98 Å². The summed E-state index contributed by atoms with van der Waals surface area (Å²) >= 11 is 0. The molecule has 0 bridgehead atoms. The first-order chi connectivity index (χ1) is 12.5. The smallest absolute Gasteiger partial charge is 0.387 e. The monoisotopic (exact) mass is 357 g/mol. The molecular weight excluding hydrogens is 340 g/mol. The minimum Gasteiger partial charge on any atom is -0.457 e. The lowest BCUT2D eigenvalue weighted by Crippen LogP contribution is -2.12. The van der Waals surface area contributed by atoms with Crippen molar-refractivity contribution in [2.24, 2.45) is 0 Å². The molecule has 0 saturated heterocycles. The number of halogens is 2. The summed E-state index contributed by atoms with van der Waals surface area (Å²) in [5.74, 6) is -0.564. The van der Waals surface area contributed by atoms with Gasteiger partial charge in [0.2, 0.25) is 0 Å². The number of hydrogen-bond acceptors (Lipinski definition) is 4. The predicted molar refractivity (Wildman–Crippen MR) is 93.4 cm³/mol.